The van der Waals surface area contributed by atoms with Gasteiger partial charge in [0, 0.05) is 22.4 Å². The Labute approximate surface area is 152 Å². The maximum Gasteiger partial charge on any atom is 0.193 e. The molecule has 0 fully saturated rings. The van der Waals surface area contributed by atoms with Crippen molar-refractivity contribution in [2.24, 2.45) is 0 Å². The molecule has 0 amide bonds. The van der Waals surface area contributed by atoms with Crippen molar-refractivity contribution in [1.29, 1.82) is 5.26 Å². The summed E-state index contributed by atoms with van der Waals surface area (Å²) < 4.78 is 0. The smallest absolute Gasteiger partial charge is 0.193 e. The summed E-state index contributed by atoms with van der Waals surface area (Å²) >= 11 is 0. The number of nitrogens with one attached hydrogen (secondary N) is 1. The van der Waals surface area contributed by atoms with Crippen molar-refractivity contribution in [3.05, 3.63) is 101 Å². The summed E-state index contributed by atoms with van der Waals surface area (Å²) in [5.41, 5.74) is 3.74. The van der Waals surface area contributed by atoms with Gasteiger partial charge in [0.2, 0.25) is 0 Å². The van der Waals surface area contributed by atoms with E-state index in [-0.39, 0.29) is 5.78 Å². The largest absolute Gasteiger partial charge is 0.374 e. The summed E-state index contributed by atoms with van der Waals surface area (Å²) in [6.07, 6.45) is 0. The van der Waals surface area contributed by atoms with Crippen molar-refractivity contribution >= 4 is 11.5 Å². The number of anilines is 1. The Kier molecular flexibility index (Phi) is 5.45. The molecule has 0 heterocycles. The van der Waals surface area contributed by atoms with E-state index < -0.39 is 0 Å². The number of nitrogens with zero attached hydrogens (tertiary/aromatic N) is 1. The van der Waals surface area contributed by atoms with E-state index in [1.54, 1.807) is 24.3 Å². The standard InChI is InChI=1S/C23H16N2O/c24-17-19-10-14-22(15-11-19)25-16-4-5-18-8-12-21(13-9-18)23(26)20-6-2-1-3-7-20/h1-3,6-15,25H,16H2. The summed E-state index contributed by atoms with van der Waals surface area (Å²) in [5.74, 6) is 6.12. The molecule has 3 heteroatoms. The van der Waals surface area contributed by atoms with Crippen LogP contribution in [0.15, 0.2) is 78.9 Å². The van der Waals surface area contributed by atoms with Gasteiger partial charge in [-0.3, -0.25) is 4.79 Å². The van der Waals surface area contributed by atoms with Gasteiger partial charge in [-0.15, -0.1) is 0 Å². The van der Waals surface area contributed by atoms with Crippen molar-refractivity contribution in [2.75, 3.05) is 11.9 Å². The fourth-order valence-corrected chi connectivity index (χ4v) is 2.42. The molecule has 0 saturated heterocycles. The SMILES string of the molecule is N#Cc1ccc(NCC#Cc2ccc(C(=O)c3ccccc3)cc2)cc1. The zero-order valence-corrected chi connectivity index (χ0v) is 14.1. The predicted molar refractivity (Wildman–Crippen MR) is 103 cm³/mol. The Morgan fingerprint density at radius 2 is 1.42 bits per heavy atom. The van der Waals surface area contributed by atoms with Crippen LogP contribution in [0.25, 0.3) is 0 Å². The average molecular weight is 336 g/mol. The summed E-state index contributed by atoms with van der Waals surface area (Å²) in [7, 11) is 0. The first-order valence-electron chi connectivity index (χ1n) is 8.19. The Hall–Kier alpha value is -3.82. The van der Waals surface area contributed by atoms with Crippen LogP contribution in [0.2, 0.25) is 0 Å². The molecule has 0 saturated carbocycles. The van der Waals surface area contributed by atoms with Crippen LogP contribution < -0.4 is 5.32 Å². The second-order valence-electron chi connectivity index (χ2n) is 5.62. The normalized spacial score (nSPS) is 9.50. The molecule has 0 radical (unpaired) electrons. The molecule has 3 rings (SSSR count). The summed E-state index contributed by atoms with van der Waals surface area (Å²) in [4.78, 5) is 12.4. The van der Waals surface area contributed by atoms with Gasteiger partial charge in [-0.25, -0.2) is 0 Å². The van der Waals surface area contributed by atoms with Crippen molar-refractivity contribution in [3.63, 3.8) is 0 Å². The molecule has 3 aromatic carbocycles. The quantitative estimate of drug-likeness (QED) is 0.572. The first kappa shape index (κ1) is 17.0. The Morgan fingerprint density at radius 3 is 2.08 bits per heavy atom. The number of ketones is 1. The van der Waals surface area contributed by atoms with Crippen LogP contribution in [0.4, 0.5) is 5.69 Å². The Morgan fingerprint density at radius 1 is 0.808 bits per heavy atom. The zero-order valence-electron chi connectivity index (χ0n) is 14.1. The second-order valence-corrected chi connectivity index (χ2v) is 5.62. The lowest BCUT2D eigenvalue weighted by atomic mass is 10.0. The number of benzene rings is 3. The fourth-order valence-electron chi connectivity index (χ4n) is 2.42. The molecule has 124 valence electrons. The lowest BCUT2D eigenvalue weighted by molar-refractivity contribution is 0.103. The number of nitriles is 1. The molecular formula is C23H16N2O. The minimum absolute atomic E-state index is 0.00703. The molecule has 3 nitrogen and oxygen atoms in total. The van der Waals surface area contributed by atoms with E-state index in [4.69, 9.17) is 5.26 Å². The molecule has 0 aliphatic heterocycles. The third-order valence-corrected chi connectivity index (χ3v) is 3.81. The number of carbonyl (C=O) groups excluding carboxylic acids is 1. The lowest BCUT2D eigenvalue weighted by Crippen LogP contribution is -2.00. The van der Waals surface area contributed by atoms with Crippen LogP contribution in [-0.4, -0.2) is 12.3 Å². The van der Waals surface area contributed by atoms with Crippen LogP contribution in [0, 0.1) is 23.2 Å². The number of hydrogen-bond donors (Lipinski definition) is 1. The highest BCUT2D eigenvalue weighted by Gasteiger charge is 2.07. The van der Waals surface area contributed by atoms with E-state index in [0.717, 1.165) is 11.3 Å². The van der Waals surface area contributed by atoms with Gasteiger partial charge >= 0.3 is 0 Å². The molecular weight excluding hydrogens is 320 g/mol. The second kappa shape index (κ2) is 8.33. The number of hydrogen-bond acceptors (Lipinski definition) is 3. The van der Waals surface area contributed by atoms with Crippen LogP contribution in [0.3, 0.4) is 0 Å². The van der Waals surface area contributed by atoms with Crippen LogP contribution >= 0.6 is 0 Å². The zero-order chi connectivity index (χ0) is 18.2. The Balaban J connectivity index is 1.58. The van der Waals surface area contributed by atoms with E-state index in [2.05, 4.69) is 23.2 Å². The predicted octanol–water partition coefficient (Wildman–Crippen LogP) is 4.25. The average Bonchev–Trinajstić information content (AvgIpc) is 2.72. The van der Waals surface area contributed by atoms with Gasteiger partial charge in [0.25, 0.3) is 0 Å². The molecule has 0 bridgehead atoms. The van der Waals surface area contributed by atoms with Crippen molar-refractivity contribution in [1.82, 2.24) is 0 Å². The first-order chi connectivity index (χ1) is 12.8. The van der Waals surface area contributed by atoms with E-state index in [9.17, 15) is 4.79 Å². The molecule has 0 atom stereocenters. The molecule has 0 unspecified atom stereocenters. The van der Waals surface area contributed by atoms with Gasteiger partial charge in [0.1, 0.15) is 0 Å². The van der Waals surface area contributed by atoms with Crippen LogP contribution in [-0.2, 0) is 0 Å². The van der Waals surface area contributed by atoms with Crippen LogP contribution in [0.5, 0.6) is 0 Å². The van der Waals surface area contributed by atoms with Gasteiger partial charge in [-0.05, 0) is 48.5 Å². The summed E-state index contributed by atoms with van der Waals surface area (Å²) in [5, 5.41) is 12.0. The third kappa shape index (κ3) is 4.38. The molecule has 26 heavy (non-hydrogen) atoms. The van der Waals surface area contributed by atoms with E-state index in [0.29, 0.717) is 23.2 Å². The molecule has 3 aromatic rings. The molecule has 0 spiro atoms. The first-order valence-corrected chi connectivity index (χ1v) is 8.19. The Bertz CT molecular complexity index is 987. The van der Waals surface area contributed by atoms with E-state index in [1.165, 1.54) is 0 Å². The molecule has 0 aliphatic carbocycles. The van der Waals surface area contributed by atoms with Gasteiger partial charge in [0.05, 0.1) is 18.2 Å². The topological polar surface area (TPSA) is 52.9 Å². The lowest BCUT2D eigenvalue weighted by Gasteiger charge is -2.02. The highest BCUT2D eigenvalue weighted by atomic mass is 16.1. The van der Waals surface area contributed by atoms with Gasteiger partial charge in [-0.1, -0.05) is 42.2 Å². The summed E-state index contributed by atoms with van der Waals surface area (Å²) in [6.45, 7) is 0.497. The van der Waals surface area contributed by atoms with Gasteiger partial charge in [-0.2, -0.15) is 5.26 Å². The van der Waals surface area contributed by atoms with Gasteiger partial charge < -0.3 is 5.32 Å². The molecule has 0 aromatic heterocycles. The van der Waals surface area contributed by atoms with Crippen molar-refractivity contribution in [2.45, 2.75) is 0 Å². The fraction of sp³-hybridized carbons (Fsp3) is 0.0435. The van der Waals surface area contributed by atoms with Gasteiger partial charge in [0.15, 0.2) is 5.78 Å². The maximum atomic E-state index is 12.4. The third-order valence-electron chi connectivity index (χ3n) is 3.81. The van der Waals surface area contributed by atoms with E-state index in [1.807, 2.05) is 54.6 Å². The van der Waals surface area contributed by atoms with Crippen molar-refractivity contribution in [3.8, 4) is 17.9 Å². The highest BCUT2D eigenvalue weighted by Crippen LogP contribution is 2.11. The monoisotopic (exact) mass is 336 g/mol. The minimum atomic E-state index is 0.00703. The van der Waals surface area contributed by atoms with Crippen LogP contribution in [0.1, 0.15) is 27.0 Å². The maximum absolute atomic E-state index is 12.4. The number of rotatable bonds is 4. The summed E-state index contributed by atoms with van der Waals surface area (Å²) in [6, 6.07) is 25.8. The number of carbonyl (C=O) groups is 1. The molecule has 0 aliphatic rings. The minimum Gasteiger partial charge on any atom is -0.374 e. The highest BCUT2D eigenvalue weighted by molar-refractivity contribution is 6.08. The molecule has 1 N–H and O–H groups in total. The van der Waals surface area contributed by atoms with E-state index >= 15 is 0 Å². The van der Waals surface area contributed by atoms with Crippen molar-refractivity contribution < 1.29 is 4.79 Å².